The molecule has 1 aliphatic heterocycles. The molecule has 0 spiro atoms. The van der Waals surface area contributed by atoms with Gasteiger partial charge in [-0.3, -0.25) is 4.79 Å². The summed E-state index contributed by atoms with van der Waals surface area (Å²) in [5.74, 6) is 0.487. The monoisotopic (exact) mass is 384 g/mol. The lowest BCUT2D eigenvalue weighted by Crippen LogP contribution is -2.62. The van der Waals surface area contributed by atoms with Crippen LogP contribution in [-0.2, 0) is 14.3 Å². The quantitative estimate of drug-likeness (QED) is 0.629. The number of nitrogens with one attached hydrogen (secondary N) is 2. The van der Waals surface area contributed by atoms with E-state index >= 15 is 0 Å². The highest BCUT2D eigenvalue weighted by atomic mass is 16.7. The molecule has 27 heavy (non-hydrogen) atoms. The Hall–Kier alpha value is -0.690. The van der Waals surface area contributed by atoms with Gasteiger partial charge in [-0.05, 0) is 24.7 Å². The van der Waals surface area contributed by atoms with Crippen LogP contribution in [0.4, 0.5) is 0 Å². The van der Waals surface area contributed by atoms with Gasteiger partial charge in [-0.2, -0.15) is 0 Å². The first-order valence-corrected chi connectivity index (χ1v) is 10.6. The maximum atomic E-state index is 11.7. The smallest absolute Gasteiger partial charge is 0.217 e. The number of rotatable bonds is 7. The van der Waals surface area contributed by atoms with Crippen LogP contribution in [0.3, 0.4) is 0 Å². The minimum absolute atomic E-state index is 0.0200. The predicted molar refractivity (Wildman–Crippen MR) is 106 cm³/mol. The summed E-state index contributed by atoms with van der Waals surface area (Å²) in [6, 6.07) is -0.478. The number of ether oxygens (including phenoxy) is 2. The molecule has 0 bridgehead atoms. The molecule has 0 aromatic rings. The fourth-order valence-corrected chi connectivity index (χ4v) is 4.14. The topological polar surface area (TPSA) is 79.8 Å². The zero-order valence-corrected chi connectivity index (χ0v) is 17.8. The van der Waals surface area contributed by atoms with E-state index in [0.29, 0.717) is 19.1 Å². The molecule has 6 heteroatoms. The van der Waals surface area contributed by atoms with Gasteiger partial charge in [-0.15, -0.1) is 0 Å². The number of aliphatic hydroxyl groups is 1. The highest BCUT2D eigenvalue weighted by Crippen LogP contribution is 2.29. The number of carbonyl (C=O) groups excluding carboxylic acids is 1. The van der Waals surface area contributed by atoms with Gasteiger partial charge in [0.2, 0.25) is 5.91 Å². The zero-order chi connectivity index (χ0) is 20.0. The van der Waals surface area contributed by atoms with Crippen LogP contribution in [0.25, 0.3) is 0 Å². The van der Waals surface area contributed by atoms with Gasteiger partial charge in [0.1, 0.15) is 0 Å². The van der Waals surface area contributed by atoms with Crippen molar-refractivity contribution in [3.63, 3.8) is 0 Å². The Bertz CT molecular complexity index is 460. The molecule has 1 aliphatic carbocycles. The molecule has 2 aliphatic rings. The van der Waals surface area contributed by atoms with E-state index in [0.717, 1.165) is 6.42 Å². The van der Waals surface area contributed by atoms with Crippen LogP contribution in [0.15, 0.2) is 0 Å². The Morgan fingerprint density at radius 1 is 1.30 bits per heavy atom. The van der Waals surface area contributed by atoms with Gasteiger partial charge < -0.3 is 25.2 Å². The molecule has 5 unspecified atom stereocenters. The van der Waals surface area contributed by atoms with Gasteiger partial charge in [0, 0.05) is 6.92 Å². The average Bonchev–Trinajstić information content (AvgIpc) is 2.59. The standard InChI is InChI=1S/C21H40N2O4/c1-14-20(27-13-21(3,4)5)26-12-18(22-14)19(25)17(23-15(2)24)11-16-9-7-6-8-10-16/h14,16-20,22,25H,6-13H2,1-5H3,(H,23,24). The van der Waals surface area contributed by atoms with E-state index in [1.54, 1.807) is 0 Å². The molecule has 2 rings (SSSR count). The van der Waals surface area contributed by atoms with Crippen LogP contribution in [0.5, 0.6) is 0 Å². The van der Waals surface area contributed by atoms with E-state index in [-0.39, 0.29) is 35.7 Å². The Labute approximate surface area is 164 Å². The molecule has 0 aromatic heterocycles. The molecule has 3 N–H and O–H groups in total. The third kappa shape index (κ3) is 7.68. The minimum atomic E-state index is -0.679. The number of carbonyl (C=O) groups is 1. The molecule has 1 saturated carbocycles. The molecule has 6 nitrogen and oxygen atoms in total. The van der Waals surface area contributed by atoms with E-state index < -0.39 is 6.10 Å². The molecule has 0 radical (unpaired) electrons. The molecule has 1 amide bonds. The largest absolute Gasteiger partial charge is 0.389 e. The SMILES string of the molecule is CC(=O)NC(CC1CCCCC1)C(O)C1COC(OCC(C)(C)C)C(C)N1. The van der Waals surface area contributed by atoms with Crippen LogP contribution >= 0.6 is 0 Å². The second-order valence-electron chi connectivity index (χ2n) is 9.67. The van der Waals surface area contributed by atoms with Crippen LogP contribution in [0.2, 0.25) is 0 Å². The van der Waals surface area contributed by atoms with E-state index in [1.807, 2.05) is 6.92 Å². The average molecular weight is 385 g/mol. The Balaban J connectivity index is 1.90. The second kappa shape index (κ2) is 10.2. The summed E-state index contributed by atoms with van der Waals surface area (Å²) in [7, 11) is 0. The summed E-state index contributed by atoms with van der Waals surface area (Å²) < 4.78 is 11.8. The first-order valence-electron chi connectivity index (χ1n) is 10.6. The van der Waals surface area contributed by atoms with E-state index in [4.69, 9.17) is 9.47 Å². The summed E-state index contributed by atoms with van der Waals surface area (Å²) in [6.07, 6.45) is 6.02. The molecular weight excluding hydrogens is 344 g/mol. The van der Waals surface area contributed by atoms with Crippen LogP contribution in [0, 0.1) is 11.3 Å². The number of morpholine rings is 1. The molecule has 0 aromatic carbocycles. The third-order valence-corrected chi connectivity index (χ3v) is 5.53. The number of hydrogen-bond acceptors (Lipinski definition) is 5. The summed E-state index contributed by atoms with van der Waals surface area (Å²) in [5, 5.41) is 17.4. The predicted octanol–water partition coefficient (Wildman–Crippen LogP) is 2.59. The van der Waals surface area contributed by atoms with Gasteiger partial charge >= 0.3 is 0 Å². The highest BCUT2D eigenvalue weighted by molar-refractivity contribution is 5.73. The number of hydrogen-bond donors (Lipinski definition) is 3. The van der Waals surface area contributed by atoms with Gasteiger partial charge in [0.25, 0.3) is 0 Å². The molecule has 5 atom stereocenters. The Morgan fingerprint density at radius 3 is 2.52 bits per heavy atom. The van der Waals surface area contributed by atoms with Gasteiger partial charge in [0.15, 0.2) is 6.29 Å². The molecular formula is C21H40N2O4. The van der Waals surface area contributed by atoms with E-state index in [9.17, 15) is 9.90 Å². The van der Waals surface area contributed by atoms with Crippen molar-refractivity contribution in [1.29, 1.82) is 0 Å². The van der Waals surface area contributed by atoms with Gasteiger partial charge in [-0.1, -0.05) is 52.9 Å². The van der Waals surface area contributed by atoms with Crippen LogP contribution in [0.1, 0.15) is 73.1 Å². The lowest BCUT2D eigenvalue weighted by atomic mass is 9.82. The van der Waals surface area contributed by atoms with Crippen molar-refractivity contribution in [3.8, 4) is 0 Å². The van der Waals surface area contributed by atoms with Crippen LogP contribution in [-0.4, -0.2) is 54.7 Å². The van der Waals surface area contributed by atoms with Crippen LogP contribution < -0.4 is 10.6 Å². The van der Waals surface area contributed by atoms with E-state index in [1.165, 1.54) is 39.0 Å². The molecule has 1 saturated heterocycles. The Kier molecular flexibility index (Phi) is 8.53. The van der Waals surface area contributed by atoms with Crippen molar-refractivity contribution in [3.05, 3.63) is 0 Å². The summed E-state index contributed by atoms with van der Waals surface area (Å²) in [4.78, 5) is 11.7. The maximum absolute atomic E-state index is 11.7. The molecule has 2 fully saturated rings. The van der Waals surface area contributed by atoms with Crippen molar-refractivity contribution < 1.29 is 19.4 Å². The minimum Gasteiger partial charge on any atom is -0.389 e. The van der Waals surface area contributed by atoms with Crippen molar-refractivity contribution in [1.82, 2.24) is 10.6 Å². The van der Waals surface area contributed by atoms with Crippen molar-refractivity contribution in [2.45, 2.75) is 104 Å². The fourth-order valence-electron chi connectivity index (χ4n) is 4.14. The lowest BCUT2D eigenvalue weighted by molar-refractivity contribution is -0.201. The summed E-state index contributed by atoms with van der Waals surface area (Å²) >= 11 is 0. The fraction of sp³-hybridized carbons (Fsp3) is 0.952. The molecule has 1 heterocycles. The third-order valence-electron chi connectivity index (χ3n) is 5.53. The van der Waals surface area contributed by atoms with Crippen molar-refractivity contribution in [2.24, 2.45) is 11.3 Å². The lowest BCUT2D eigenvalue weighted by Gasteiger charge is -2.41. The summed E-state index contributed by atoms with van der Waals surface area (Å²) in [5.41, 5.74) is 0.0793. The van der Waals surface area contributed by atoms with Gasteiger partial charge in [0.05, 0.1) is 37.4 Å². The zero-order valence-electron chi connectivity index (χ0n) is 17.8. The maximum Gasteiger partial charge on any atom is 0.217 e. The normalized spacial score (nSPS) is 29.9. The van der Waals surface area contributed by atoms with Crippen molar-refractivity contribution >= 4 is 5.91 Å². The summed E-state index contributed by atoms with van der Waals surface area (Å²) in [6.45, 7) is 10.9. The second-order valence-corrected chi connectivity index (χ2v) is 9.67. The first-order chi connectivity index (χ1) is 12.7. The molecule has 158 valence electrons. The first kappa shape index (κ1) is 22.6. The van der Waals surface area contributed by atoms with Gasteiger partial charge in [-0.25, -0.2) is 0 Å². The number of amides is 1. The van der Waals surface area contributed by atoms with Crippen molar-refractivity contribution in [2.75, 3.05) is 13.2 Å². The highest BCUT2D eigenvalue weighted by Gasteiger charge is 2.37. The van der Waals surface area contributed by atoms with E-state index in [2.05, 4.69) is 31.4 Å². The Morgan fingerprint density at radius 2 is 1.96 bits per heavy atom. The number of aliphatic hydroxyl groups excluding tert-OH is 1.